The summed E-state index contributed by atoms with van der Waals surface area (Å²) in [6.45, 7) is 14.0. The molecule has 0 bridgehead atoms. The van der Waals surface area contributed by atoms with Crippen LogP contribution in [0.25, 0.3) is 0 Å². The molecule has 0 aliphatic rings. The zero-order chi connectivity index (χ0) is 12.4. The zero-order valence-corrected chi connectivity index (χ0v) is 12.1. The molecule has 0 aromatic heterocycles. The van der Waals surface area contributed by atoms with Crippen molar-refractivity contribution in [1.82, 2.24) is 10.2 Å². The van der Waals surface area contributed by atoms with Crippen molar-refractivity contribution in [2.45, 2.75) is 47.0 Å². The summed E-state index contributed by atoms with van der Waals surface area (Å²) in [6, 6.07) is 0. The third-order valence-electron chi connectivity index (χ3n) is 3.54. The van der Waals surface area contributed by atoms with Crippen molar-refractivity contribution in [3.8, 4) is 0 Å². The molecule has 16 heavy (non-hydrogen) atoms. The van der Waals surface area contributed by atoms with Crippen LogP contribution in [0.4, 0.5) is 0 Å². The molecule has 98 valence electrons. The van der Waals surface area contributed by atoms with Gasteiger partial charge < -0.3 is 10.2 Å². The van der Waals surface area contributed by atoms with Gasteiger partial charge in [-0.05, 0) is 38.4 Å². The third-order valence-corrected chi connectivity index (χ3v) is 3.54. The van der Waals surface area contributed by atoms with Crippen LogP contribution in [0.3, 0.4) is 0 Å². The summed E-state index contributed by atoms with van der Waals surface area (Å²) in [6.07, 6.45) is 4.08. The summed E-state index contributed by atoms with van der Waals surface area (Å²) in [5.74, 6) is 1.75. The van der Waals surface area contributed by atoms with E-state index in [0.29, 0.717) is 0 Å². The minimum atomic E-state index is 0.836. The molecule has 0 aliphatic carbocycles. The highest BCUT2D eigenvalue weighted by molar-refractivity contribution is 4.66. The topological polar surface area (TPSA) is 15.3 Å². The zero-order valence-electron chi connectivity index (χ0n) is 12.1. The van der Waals surface area contributed by atoms with Gasteiger partial charge in [0, 0.05) is 13.1 Å². The van der Waals surface area contributed by atoms with Gasteiger partial charge in [0.25, 0.3) is 0 Å². The van der Waals surface area contributed by atoms with E-state index in [0.717, 1.165) is 18.4 Å². The first-order valence-corrected chi connectivity index (χ1v) is 7.02. The van der Waals surface area contributed by atoms with E-state index in [1.54, 1.807) is 0 Å². The smallest absolute Gasteiger partial charge is 0.0107 e. The van der Waals surface area contributed by atoms with Crippen LogP contribution in [0.2, 0.25) is 0 Å². The second-order valence-electron chi connectivity index (χ2n) is 5.12. The average molecular weight is 228 g/mol. The maximum absolute atomic E-state index is 3.23. The van der Waals surface area contributed by atoms with Gasteiger partial charge in [-0.15, -0.1) is 0 Å². The second-order valence-corrected chi connectivity index (χ2v) is 5.12. The monoisotopic (exact) mass is 228 g/mol. The van der Waals surface area contributed by atoms with E-state index in [4.69, 9.17) is 0 Å². The predicted octanol–water partition coefficient (Wildman–Crippen LogP) is 2.99. The standard InChI is InChI=1S/C14H32N2/c1-6-8-14(13(3)4)9-11-16(7-2)12-10-15-5/h13-15H,6-12H2,1-5H3. The molecule has 0 aliphatic heterocycles. The fraction of sp³-hybridized carbons (Fsp3) is 1.00. The SMILES string of the molecule is CCCC(CCN(CC)CCNC)C(C)C. The van der Waals surface area contributed by atoms with Crippen molar-refractivity contribution in [3.05, 3.63) is 0 Å². The van der Waals surface area contributed by atoms with E-state index in [-0.39, 0.29) is 0 Å². The van der Waals surface area contributed by atoms with E-state index in [1.807, 2.05) is 7.05 Å². The number of likely N-dealkylation sites (N-methyl/N-ethyl adjacent to an activating group) is 2. The van der Waals surface area contributed by atoms with Crippen LogP contribution in [0.15, 0.2) is 0 Å². The van der Waals surface area contributed by atoms with Crippen LogP contribution in [-0.4, -0.2) is 38.1 Å². The first-order chi connectivity index (χ1) is 7.65. The summed E-state index contributed by atoms with van der Waals surface area (Å²) < 4.78 is 0. The molecule has 1 N–H and O–H groups in total. The molecule has 2 heteroatoms. The lowest BCUT2D eigenvalue weighted by atomic mass is 9.88. The highest BCUT2D eigenvalue weighted by atomic mass is 15.1. The molecule has 0 saturated heterocycles. The molecular formula is C14H32N2. The van der Waals surface area contributed by atoms with Crippen LogP contribution in [0, 0.1) is 11.8 Å². The summed E-state index contributed by atoms with van der Waals surface area (Å²) >= 11 is 0. The Labute approximate surface area is 103 Å². The Hall–Kier alpha value is -0.0800. The van der Waals surface area contributed by atoms with E-state index in [2.05, 4.69) is 37.9 Å². The van der Waals surface area contributed by atoms with Crippen molar-refractivity contribution in [2.24, 2.45) is 11.8 Å². The van der Waals surface area contributed by atoms with Gasteiger partial charge in [-0.2, -0.15) is 0 Å². The molecule has 2 nitrogen and oxygen atoms in total. The first-order valence-electron chi connectivity index (χ1n) is 7.02. The van der Waals surface area contributed by atoms with Gasteiger partial charge in [0.15, 0.2) is 0 Å². The molecule has 0 amide bonds. The summed E-state index contributed by atoms with van der Waals surface area (Å²) in [5.41, 5.74) is 0. The van der Waals surface area contributed by atoms with Gasteiger partial charge in [0.05, 0.1) is 0 Å². The van der Waals surface area contributed by atoms with Gasteiger partial charge in [0.2, 0.25) is 0 Å². The van der Waals surface area contributed by atoms with E-state index in [1.165, 1.54) is 38.9 Å². The minimum Gasteiger partial charge on any atom is -0.318 e. The predicted molar refractivity (Wildman–Crippen MR) is 73.9 cm³/mol. The van der Waals surface area contributed by atoms with Crippen molar-refractivity contribution in [3.63, 3.8) is 0 Å². The molecule has 0 aromatic carbocycles. The normalized spacial score (nSPS) is 13.7. The first kappa shape index (κ1) is 15.9. The van der Waals surface area contributed by atoms with Crippen LogP contribution >= 0.6 is 0 Å². The molecule has 0 fully saturated rings. The number of hydrogen-bond acceptors (Lipinski definition) is 2. The lowest BCUT2D eigenvalue weighted by Crippen LogP contribution is -2.32. The molecule has 1 atom stereocenters. The van der Waals surface area contributed by atoms with E-state index >= 15 is 0 Å². The van der Waals surface area contributed by atoms with Crippen LogP contribution in [0.5, 0.6) is 0 Å². The Morgan fingerprint density at radius 3 is 2.19 bits per heavy atom. The maximum atomic E-state index is 3.23. The Morgan fingerprint density at radius 1 is 1.06 bits per heavy atom. The fourth-order valence-electron chi connectivity index (χ4n) is 2.23. The Bertz CT molecular complexity index is 146. The highest BCUT2D eigenvalue weighted by Crippen LogP contribution is 2.21. The van der Waals surface area contributed by atoms with Crippen molar-refractivity contribution in [1.29, 1.82) is 0 Å². The molecule has 1 unspecified atom stereocenters. The minimum absolute atomic E-state index is 0.836. The van der Waals surface area contributed by atoms with Crippen LogP contribution < -0.4 is 5.32 Å². The Morgan fingerprint density at radius 2 is 1.75 bits per heavy atom. The molecule has 0 saturated carbocycles. The van der Waals surface area contributed by atoms with Crippen molar-refractivity contribution < 1.29 is 0 Å². The van der Waals surface area contributed by atoms with Gasteiger partial charge in [-0.1, -0.05) is 40.5 Å². The summed E-state index contributed by atoms with van der Waals surface area (Å²) in [5, 5.41) is 3.23. The highest BCUT2D eigenvalue weighted by Gasteiger charge is 2.13. The quantitative estimate of drug-likeness (QED) is 0.618. The van der Waals surface area contributed by atoms with E-state index in [9.17, 15) is 0 Å². The van der Waals surface area contributed by atoms with Gasteiger partial charge in [-0.3, -0.25) is 0 Å². The maximum Gasteiger partial charge on any atom is 0.0107 e. The van der Waals surface area contributed by atoms with Crippen molar-refractivity contribution >= 4 is 0 Å². The molecule has 0 rings (SSSR count). The van der Waals surface area contributed by atoms with Gasteiger partial charge in [0.1, 0.15) is 0 Å². The largest absolute Gasteiger partial charge is 0.318 e. The Balaban J connectivity index is 3.86. The third kappa shape index (κ3) is 7.24. The Kier molecular flexibility index (Phi) is 10.0. The van der Waals surface area contributed by atoms with E-state index < -0.39 is 0 Å². The van der Waals surface area contributed by atoms with Gasteiger partial charge in [-0.25, -0.2) is 0 Å². The number of nitrogens with one attached hydrogen (secondary N) is 1. The molecule has 0 aromatic rings. The molecule has 0 radical (unpaired) electrons. The molecular weight excluding hydrogens is 196 g/mol. The molecule has 0 heterocycles. The van der Waals surface area contributed by atoms with Gasteiger partial charge >= 0.3 is 0 Å². The lowest BCUT2D eigenvalue weighted by Gasteiger charge is -2.25. The van der Waals surface area contributed by atoms with Crippen LogP contribution in [-0.2, 0) is 0 Å². The number of hydrogen-bond donors (Lipinski definition) is 1. The average Bonchev–Trinajstić information content (AvgIpc) is 2.27. The van der Waals surface area contributed by atoms with Crippen molar-refractivity contribution in [2.75, 3.05) is 33.2 Å². The number of rotatable bonds is 10. The lowest BCUT2D eigenvalue weighted by molar-refractivity contribution is 0.235. The second kappa shape index (κ2) is 10.1. The fourth-order valence-corrected chi connectivity index (χ4v) is 2.23. The molecule has 0 spiro atoms. The van der Waals surface area contributed by atoms with Crippen LogP contribution in [0.1, 0.15) is 47.0 Å². The summed E-state index contributed by atoms with van der Waals surface area (Å²) in [7, 11) is 2.03. The number of nitrogens with zero attached hydrogens (tertiary/aromatic N) is 1. The summed E-state index contributed by atoms with van der Waals surface area (Å²) in [4.78, 5) is 2.56.